The van der Waals surface area contributed by atoms with Gasteiger partial charge >= 0.3 is 5.97 Å². The van der Waals surface area contributed by atoms with Crippen molar-refractivity contribution < 1.29 is 19.0 Å². The van der Waals surface area contributed by atoms with Crippen LogP contribution in [0.5, 0.6) is 5.75 Å². The van der Waals surface area contributed by atoms with E-state index in [-0.39, 0.29) is 12.1 Å². The van der Waals surface area contributed by atoms with E-state index in [1.165, 1.54) is 19.2 Å². The van der Waals surface area contributed by atoms with Crippen LogP contribution >= 0.6 is 11.9 Å². The maximum absolute atomic E-state index is 14.9. The molecule has 1 aromatic heterocycles. The van der Waals surface area contributed by atoms with Gasteiger partial charge < -0.3 is 9.84 Å². The summed E-state index contributed by atoms with van der Waals surface area (Å²) in [5.74, 6) is -0.451. The van der Waals surface area contributed by atoms with Crippen molar-refractivity contribution in [2.45, 2.75) is 43.6 Å². The summed E-state index contributed by atoms with van der Waals surface area (Å²) in [5, 5.41) is 9.77. The summed E-state index contributed by atoms with van der Waals surface area (Å²) in [6, 6.07) is 8.98. The molecular weight excluding hydrogens is 369 g/mol. The molecule has 27 heavy (non-hydrogen) atoms. The van der Waals surface area contributed by atoms with Crippen LogP contribution in [0.15, 0.2) is 36.5 Å². The number of carboxylic acid groups (broad SMARTS) is 1. The van der Waals surface area contributed by atoms with Crippen LogP contribution < -0.4 is 9.04 Å². The molecule has 1 atom stereocenters. The van der Waals surface area contributed by atoms with Gasteiger partial charge in [0, 0.05) is 11.4 Å². The molecule has 0 spiro atoms. The molecule has 1 aliphatic rings. The topological polar surface area (TPSA) is 75.5 Å². The van der Waals surface area contributed by atoms with Crippen LogP contribution in [0.3, 0.4) is 0 Å². The van der Waals surface area contributed by atoms with E-state index in [1.54, 1.807) is 19.1 Å². The summed E-state index contributed by atoms with van der Waals surface area (Å²) in [6.07, 6.45) is 3.44. The molecule has 0 saturated heterocycles. The van der Waals surface area contributed by atoms with Crippen LogP contribution in [0, 0.1) is 0 Å². The van der Waals surface area contributed by atoms with Crippen molar-refractivity contribution >= 4 is 23.9 Å². The van der Waals surface area contributed by atoms with Crippen molar-refractivity contribution in [2.75, 3.05) is 11.4 Å². The summed E-state index contributed by atoms with van der Waals surface area (Å²) >= 11 is 1.61. The minimum absolute atomic E-state index is 0.126. The molecule has 144 valence electrons. The summed E-state index contributed by atoms with van der Waals surface area (Å²) in [7, 11) is 1.61. The second-order valence-electron chi connectivity index (χ2n) is 6.39. The molecule has 1 N–H and O–H groups in total. The van der Waals surface area contributed by atoms with Gasteiger partial charge in [-0.3, -0.25) is 4.31 Å². The third kappa shape index (κ3) is 4.50. The van der Waals surface area contributed by atoms with Gasteiger partial charge in [-0.25, -0.2) is 19.2 Å². The van der Waals surface area contributed by atoms with Crippen molar-refractivity contribution in [1.29, 1.82) is 0 Å². The number of benzene rings is 1. The average Bonchev–Trinajstić information content (AvgIpc) is 3.51. The van der Waals surface area contributed by atoms with E-state index < -0.39 is 11.6 Å². The summed E-state index contributed by atoms with van der Waals surface area (Å²) in [5.41, 5.74) is -1.62. The van der Waals surface area contributed by atoms with Gasteiger partial charge in [-0.2, -0.15) is 0 Å². The fraction of sp³-hybridized carbons (Fsp3) is 0.421. The number of nitrogens with zero attached hydrogens (tertiary/aromatic N) is 3. The van der Waals surface area contributed by atoms with Crippen molar-refractivity contribution in [3.63, 3.8) is 0 Å². The van der Waals surface area contributed by atoms with E-state index in [2.05, 4.69) is 9.97 Å². The number of carbonyl (C=O) groups is 1. The number of ether oxygens (including phenoxy) is 1. The van der Waals surface area contributed by atoms with Crippen LogP contribution in [0.1, 0.15) is 37.4 Å². The molecule has 1 saturated carbocycles. The van der Waals surface area contributed by atoms with Gasteiger partial charge in [0.2, 0.25) is 11.6 Å². The summed E-state index contributed by atoms with van der Waals surface area (Å²) in [4.78, 5) is 19.9. The highest BCUT2D eigenvalue weighted by molar-refractivity contribution is 8.01. The number of hydrogen-bond acceptors (Lipinski definition) is 6. The Bertz CT molecular complexity index is 801. The molecular formula is C19H22FN3O3S. The lowest BCUT2D eigenvalue weighted by atomic mass is 9.99. The Kier molecular flexibility index (Phi) is 5.84. The van der Waals surface area contributed by atoms with E-state index in [4.69, 9.17) is 4.74 Å². The quantitative estimate of drug-likeness (QED) is 0.648. The minimum atomic E-state index is -2.52. The molecule has 1 fully saturated rings. The number of hydrogen-bond donors (Lipinski definition) is 1. The fourth-order valence-corrected chi connectivity index (χ4v) is 3.65. The van der Waals surface area contributed by atoms with Gasteiger partial charge in [0.05, 0.1) is 19.3 Å². The number of methoxy groups -OCH3 is 1. The maximum atomic E-state index is 14.9. The van der Waals surface area contributed by atoms with E-state index in [9.17, 15) is 14.3 Å². The highest BCUT2D eigenvalue weighted by atomic mass is 32.2. The van der Waals surface area contributed by atoms with Crippen LogP contribution in [0.2, 0.25) is 0 Å². The molecule has 8 heteroatoms. The molecule has 1 heterocycles. The molecule has 3 rings (SSSR count). The number of aliphatic carboxylic acids is 1. The van der Waals surface area contributed by atoms with Gasteiger partial charge in [0.15, 0.2) is 0 Å². The number of carboxylic acids is 1. The standard InChI is InChI=1S/C19H22FN3O3S/c1-3-19(20,17(24)25)16-10-11-21-18(22-16)23(27-15-8-9-15)12-13-4-6-14(26-2)7-5-13/h4-7,10-11,15H,3,8-9,12H2,1-2H3,(H,24,25). The van der Waals surface area contributed by atoms with Crippen molar-refractivity contribution in [2.24, 2.45) is 0 Å². The normalized spacial score (nSPS) is 15.8. The van der Waals surface area contributed by atoms with Gasteiger partial charge in [-0.05, 0) is 55.0 Å². The van der Waals surface area contributed by atoms with Gasteiger partial charge in [0.25, 0.3) is 0 Å². The second kappa shape index (κ2) is 8.12. The maximum Gasteiger partial charge on any atom is 0.347 e. The molecule has 2 aromatic rings. The monoisotopic (exact) mass is 391 g/mol. The Hall–Kier alpha value is -2.35. The van der Waals surface area contributed by atoms with Gasteiger partial charge in [0.1, 0.15) is 5.75 Å². The molecule has 1 aromatic carbocycles. The second-order valence-corrected chi connectivity index (χ2v) is 7.71. The van der Waals surface area contributed by atoms with Crippen LogP contribution in [-0.4, -0.2) is 33.4 Å². The zero-order valence-corrected chi connectivity index (χ0v) is 16.1. The molecule has 0 radical (unpaired) electrons. The number of rotatable bonds is 9. The first-order valence-electron chi connectivity index (χ1n) is 8.79. The summed E-state index contributed by atoms with van der Waals surface area (Å²) < 4.78 is 22.0. The van der Waals surface area contributed by atoms with Crippen molar-refractivity contribution in [1.82, 2.24) is 9.97 Å². The zero-order valence-electron chi connectivity index (χ0n) is 15.3. The van der Waals surface area contributed by atoms with E-state index in [0.717, 1.165) is 24.2 Å². The summed E-state index contributed by atoms with van der Waals surface area (Å²) in [6.45, 7) is 2.01. The predicted octanol–water partition coefficient (Wildman–Crippen LogP) is 3.96. The van der Waals surface area contributed by atoms with Crippen molar-refractivity contribution in [3.05, 3.63) is 47.8 Å². The Morgan fingerprint density at radius 3 is 2.63 bits per heavy atom. The first-order chi connectivity index (χ1) is 13.0. The highest BCUT2D eigenvalue weighted by Gasteiger charge is 2.41. The molecule has 6 nitrogen and oxygen atoms in total. The van der Waals surface area contributed by atoms with Gasteiger partial charge in [-0.15, -0.1) is 0 Å². The average molecular weight is 391 g/mol. The third-order valence-electron chi connectivity index (χ3n) is 4.38. The van der Waals surface area contributed by atoms with Crippen LogP contribution in [0.4, 0.5) is 10.3 Å². The Morgan fingerprint density at radius 1 is 1.37 bits per heavy atom. The molecule has 1 aliphatic carbocycles. The lowest BCUT2D eigenvalue weighted by Gasteiger charge is -2.24. The van der Waals surface area contributed by atoms with Crippen LogP contribution in [0.25, 0.3) is 0 Å². The first-order valence-corrected chi connectivity index (χ1v) is 9.63. The minimum Gasteiger partial charge on any atom is -0.497 e. The van der Waals surface area contributed by atoms with Gasteiger partial charge in [-0.1, -0.05) is 19.1 Å². The van der Waals surface area contributed by atoms with Crippen LogP contribution in [-0.2, 0) is 17.0 Å². The number of halogens is 1. The predicted molar refractivity (Wildman–Crippen MR) is 103 cm³/mol. The lowest BCUT2D eigenvalue weighted by Crippen LogP contribution is -2.32. The Labute approximate surface area is 161 Å². The molecule has 1 unspecified atom stereocenters. The van der Waals surface area contributed by atoms with Crippen molar-refractivity contribution in [3.8, 4) is 5.75 Å². The smallest absolute Gasteiger partial charge is 0.347 e. The Balaban J connectivity index is 1.88. The third-order valence-corrected chi connectivity index (χ3v) is 5.70. The van der Waals surface area contributed by atoms with E-state index >= 15 is 0 Å². The fourth-order valence-electron chi connectivity index (χ4n) is 2.54. The van der Waals surface area contributed by atoms with E-state index in [1.807, 2.05) is 28.6 Å². The number of anilines is 1. The molecule has 0 aliphatic heterocycles. The lowest BCUT2D eigenvalue weighted by molar-refractivity contribution is -0.152. The zero-order chi connectivity index (χ0) is 19.4. The Morgan fingerprint density at radius 2 is 2.07 bits per heavy atom. The SMILES string of the molecule is CCC(F)(C(=O)O)c1ccnc(N(Cc2ccc(OC)cc2)SC2CC2)n1. The number of aromatic nitrogens is 2. The number of alkyl halides is 1. The largest absolute Gasteiger partial charge is 0.497 e. The molecule has 0 amide bonds. The molecule has 0 bridgehead atoms. The first kappa shape index (κ1) is 19.4. The highest BCUT2D eigenvalue weighted by Crippen LogP contribution is 2.39. The van der Waals surface area contributed by atoms with E-state index in [0.29, 0.717) is 17.7 Å².